The number of rotatable bonds is 5. The first kappa shape index (κ1) is 17.1. The van der Waals surface area contributed by atoms with Crippen molar-refractivity contribution in [2.75, 3.05) is 13.8 Å². The van der Waals surface area contributed by atoms with Crippen LogP contribution in [0.25, 0.3) is 0 Å². The van der Waals surface area contributed by atoms with Gasteiger partial charge in [-0.15, -0.1) is 5.10 Å². The van der Waals surface area contributed by atoms with Crippen molar-refractivity contribution in [2.24, 2.45) is 0 Å². The molecular formula is C18H19N5O4. The number of carbonyl (C=O) groups excluding carboxylic acids is 1. The highest BCUT2D eigenvalue weighted by Gasteiger charge is 2.22. The molecule has 0 N–H and O–H groups in total. The molecule has 1 amide bonds. The number of nitrogens with zero attached hydrogens (tertiary/aromatic N) is 5. The second kappa shape index (κ2) is 6.75. The third-order valence-corrected chi connectivity index (χ3v) is 4.37. The number of benzene rings is 1. The van der Waals surface area contributed by atoms with E-state index in [9.17, 15) is 4.79 Å². The Morgan fingerprint density at radius 1 is 1.22 bits per heavy atom. The summed E-state index contributed by atoms with van der Waals surface area (Å²) in [5.41, 5.74) is 2.72. The molecule has 9 heteroatoms. The van der Waals surface area contributed by atoms with E-state index in [4.69, 9.17) is 14.0 Å². The Balaban J connectivity index is 1.47. The Labute approximate surface area is 155 Å². The van der Waals surface area contributed by atoms with E-state index in [1.54, 1.807) is 16.6 Å². The number of aromatic nitrogens is 4. The van der Waals surface area contributed by atoms with Crippen molar-refractivity contribution >= 4 is 5.91 Å². The average molecular weight is 369 g/mol. The second-order valence-corrected chi connectivity index (χ2v) is 6.46. The molecular weight excluding hydrogens is 350 g/mol. The van der Waals surface area contributed by atoms with Crippen LogP contribution < -0.4 is 9.47 Å². The van der Waals surface area contributed by atoms with E-state index < -0.39 is 0 Å². The predicted octanol–water partition coefficient (Wildman–Crippen LogP) is 1.93. The Kier molecular flexibility index (Phi) is 4.27. The van der Waals surface area contributed by atoms with Crippen molar-refractivity contribution in [3.8, 4) is 11.5 Å². The minimum Gasteiger partial charge on any atom is -0.454 e. The maximum Gasteiger partial charge on any atom is 0.276 e. The third kappa shape index (κ3) is 3.35. The van der Waals surface area contributed by atoms with Crippen LogP contribution in [0.3, 0.4) is 0 Å². The molecule has 0 fully saturated rings. The normalized spacial score (nSPS) is 12.4. The fraction of sp³-hybridized carbons (Fsp3) is 0.333. The summed E-state index contributed by atoms with van der Waals surface area (Å²) in [4.78, 5) is 14.4. The summed E-state index contributed by atoms with van der Waals surface area (Å²) in [5, 5.41) is 12.0. The molecule has 3 heterocycles. The van der Waals surface area contributed by atoms with Crippen molar-refractivity contribution in [3.63, 3.8) is 0 Å². The maximum atomic E-state index is 12.8. The van der Waals surface area contributed by atoms with Crippen molar-refractivity contribution < 1.29 is 18.8 Å². The van der Waals surface area contributed by atoms with Crippen LogP contribution in [0.15, 0.2) is 28.8 Å². The first-order valence-corrected chi connectivity index (χ1v) is 8.47. The van der Waals surface area contributed by atoms with Crippen LogP contribution in [-0.4, -0.2) is 44.8 Å². The van der Waals surface area contributed by atoms with Gasteiger partial charge in [0.05, 0.1) is 11.4 Å². The molecule has 0 saturated carbocycles. The Morgan fingerprint density at radius 2 is 2.04 bits per heavy atom. The molecule has 0 radical (unpaired) electrons. The molecule has 0 unspecified atom stereocenters. The molecule has 0 spiro atoms. The highest BCUT2D eigenvalue weighted by molar-refractivity contribution is 5.93. The minimum absolute atomic E-state index is 0.204. The molecule has 0 saturated heterocycles. The molecule has 140 valence electrons. The number of hydrogen-bond donors (Lipinski definition) is 0. The van der Waals surface area contributed by atoms with Crippen LogP contribution in [0.4, 0.5) is 0 Å². The van der Waals surface area contributed by atoms with Crippen molar-refractivity contribution in [1.29, 1.82) is 0 Å². The lowest BCUT2D eigenvalue weighted by atomic mass is 10.2. The molecule has 2 aromatic heterocycles. The van der Waals surface area contributed by atoms with Gasteiger partial charge in [0.1, 0.15) is 6.54 Å². The van der Waals surface area contributed by atoms with Gasteiger partial charge in [0.15, 0.2) is 23.0 Å². The van der Waals surface area contributed by atoms with E-state index in [2.05, 4.69) is 15.5 Å². The van der Waals surface area contributed by atoms with Crippen LogP contribution in [0, 0.1) is 13.8 Å². The van der Waals surface area contributed by atoms with Gasteiger partial charge in [-0.25, -0.2) is 4.68 Å². The van der Waals surface area contributed by atoms with E-state index in [1.807, 2.05) is 38.1 Å². The number of amides is 1. The predicted molar refractivity (Wildman–Crippen MR) is 93.5 cm³/mol. The summed E-state index contributed by atoms with van der Waals surface area (Å²) in [5.74, 6) is 1.87. The molecule has 9 nitrogen and oxygen atoms in total. The Hall–Kier alpha value is -3.36. The van der Waals surface area contributed by atoms with E-state index >= 15 is 0 Å². The summed E-state index contributed by atoms with van der Waals surface area (Å²) in [6.07, 6.45) is 0. The summed E-state index contributed by atoms with van der Waals surface area (Å²) in [6.45, 7) is 4.68. The number of carbonyl (C=O) groups is 1. The molecule has 1 aromatic carbocycles. The van der Waals surface area contributed by atoms with Gasteiger partial charge in [0, 0.05) is 19.7 Å². The molecule has 3 aromatic rings. The topological polar surface area (TPSA) is 95.5 Å². The summed E-state index contributed by atoms with van der Waals surface area (Å²) < 4.78 is 17.5. The molecule has 0 aliphatic carbocycles. The van der Waals surface area contributed by atoms with E-state index in [-0.39, 0.29) is 12.7 Å². The van der Waals surface area contributed by atoms with Crippen LogP contribution in [0.1, 0.15) is 33.2 Å². The number of hydrogen-bond acceptors (Lipinski definition) is 7. The molecule has 4 rings (SSSR count). The standard InChI is InChI=1S/C18H19N5O4/c1-11-6-14(27-20-11)9-23-12(2)17(19-21-23)18(24)22(3)8-13-4-5-15-16(7-13)26-10-25-15/h4-7H,8-10H2,1-3H3. The zero-order valence-corrected chi connectivity index (χ0v) is 15.3. The number of ether oxygens (including phenoxy) is 2. The fourth-order valence-electron chi connectivity index (χ4n) is 2.91. The zero-order chi connectivity index (χ0) is 19.0. The molecule has 27 heavy (non-hydrogen) atoms. The van der Waals surface area contributed by atoms with Gasteiger partial charge in [-0.2, -0.15) is 0 Å². The summed E-state index contributed by atoms with van der Waals surface area (Å²) in [7, 11) is 1.73. The summed E-state index contributed by atoms with van der Waals surface area (Å²) in [6, 6.07) is 7.46. The highest BCUT2D eigenvalue weighted by Crippen LogP contribution is 2.32. The first-order valence-electron chi connectivity index (χ1n) is 8.47. The molecule has 1 aliphatic rings. The van der Waals surface area contributed by atoms with Crippen molar-refractivity contribution in [3.05, 3.63) is 52.7 Å². The fourth-order valence-corrected chi connectivity index (χ4v) is 2.91. The monoisotopic (exact) mass is 369 g/mol. The quantitative estimate of drug-likeness (QED) is 0.678. The van der Waals surface area contributed by atoms with Gasteiger partial charge in [0.25, 0.3) is 5.91 Å². The Morgan fingerprint density at radius 3 is 2.81 bits per heavy atom. The van der Waals surface area contributed by atoms with Gasteiger partial charge in [0.2, 0.25) is 6.79 Å². The van der Waals surface area contributed by atoms with Crippen molar-refractivity contribution in [1.82, 2.24) is 25.1 Å². The number of aryl methyl sites for hydroxylation is 1. The largest absolute Gasteiger partial charge is 0.454 e. The molecule has 0 bridgehead atoms. The van der Waals surface area contributed by atoms with Gasteiger partial charge < -0.3 is 18.9 Å². The Bertz CT molecular complexity index is 994. The molecule has 1 aliphatic heterocycles. The second-order valence-electron chi connectivity index (χ2n) is 6.46. The van der Waals surface area contributed by atoms with Gasteiger partial charge in [-0.3, -0.25) is 4.79 Å². The van der Waals surface area contributed by atoms with Crippen molar-refractivity contribution in [2.45, 2.75) is 26.9 Å². The average Bonchev–Trinajstić information content (AvgIpc) is 3.36. The van der Waals surface area contributed by atoms with Gasteiger partial charge in [-0.05, 0) is 31.5 Å². The van der Waals surface area contributed by atoms with E-state index in [1.165, 1.54) is 0 Å². The maximum absolute atomic E-state index is 12.8. The van der Waals surface area contributed by atoms with Crippen LogP contribution >= 0.6 is 0 Å². The van der Waals surface area contributed by atoms with E-state index in [0.717, 1.165) is 11.3 Å². The highest BCUT2D eigenvalue weighted by atomic mass is 16.7. The van der Waals surface area contributed by atoms with Crippen LogP contribution in [0.5, 0.6) is 11.5 Å². The lowest BCUT2D eigenvalue weighted by Crippen LogP contribution is -2.27. The number of fused-ring (bicyclic) bond motifs is 1. The first-order chi connectivity index (χ1) is 13.0. The lowest BCUT2D eigenvalue weighted by molar-refractivity contribution is 0.0778. The minimum atomic E-state index is -0.204. The lowest BCUT2D eigenvalue weighted by Gasteiger charge is -2.16. The van der Waals surface area contributed by atoms with Crippen LogP contribution in [0.2, 0.25) is 0 Å². The van der Waals surface area contributed by atoms with Gasteiger partial charge in [-0.1, -0.05) is 16.4 Å². The van der Waals surface area contributed by atoms with E-state index in [0.29, 0.717) is 41.7 Å². The summed E-state index contributed by atoms with van der Waals surface area (Å²) >= 11 is 0. The van der Waals surface area contributed by atoms with Gasteiger partial charge >= 0.3 is 0 Å². The van der Waals surface area contributed by atoms with Crippen LogP contribution in [-0.2, 0) is 13.1 Å². The zero-order valence-electron chi connectivity index (χ0n) is 15.3. The molecule has 0 atom stereocenters. The third-order valence-electron chi connectivity index (χ3n) is 4.37. The smallest absolute Gasteiger partial charge is 0.276 e. The SMILES string of the molecule is Cc1cc(Cn2nnc(C(=O)N(C)Cc3ccc4c(c3)OCO4)c2C)on1.